The molecule has 1 heterocycles. The molecule has 0 radical (unpaired) electrons. The highest BCUT2D eigenvalue weighted by Crippen LogP contribution is 2.33. The van der Waals surface area contributed by atoms with Crippen LogP contribution in [-0.2, 0) is 9.53 Å². The molecule has 3 rings (SSSR count). The van der Waals surface area contributed by atoms with E-state index in [-0.39, 0.29) is 24.7 Å². The fraction of sp³-hybridized carbons (Fsp3) is 0.409. The molecule has 0 unspecified atom stereocenters. The summed E-state index contributed by atoms with van der Waals surface area (Å²) in [5.41, 5.74) is 2.53. The van der Waals surface area contributed by atoms with Crippen LogP contribution in [0.4, 0.5) is 0 Å². The van der Waals surface area contributed by atoms with Gasteiger partial charge in [0, 0.05) is 13.1 Å². The maximum Gasteiger partial charge on any atom is 0.309 e. The van der Waals surface area contributed by atoms with Gasteiger partial charge in [-0.3, -0.25) is 9.69 Å². The SMILES string of the molecule is CC(C)[C@H](COC1CN(C(c2ccccc2)c2ccccc2)C1)C(=O)O. The standard InChI is InChI=1S/C22H27NO3/c1-16(2)20(22(24)25)15-26-19-13-23(14-19)21(17-9-5-3-6-10-17)18-11-7-4-8-12-18/h3-12,16,19-21H,13-15H2,1-2H3,(H,24,25)/t20-/m0/s1. The molecule has 1 saturated heterocycles. The van der Waals surface area contributed by atoms with Gasteiger partial charge in [0.25, 0.3) is 0 Å². The average molecular weight is 353 g/mol. The van der Waals surface area contributed by atoms with E-state index in [1.165, 1.54) is 11.1 Å². The Morgan fingerprint density at radius 2 is 1.54 bits per heavy atom. The van der Waals surface area contributed by atoms with Crippen LogP contribution < -0.4 is 0 Å². The number of carboxylic acids is 1. The van der Waals surface area contributed by atoms with Crippen molar-refractivity contribution in [2.75, 3.05) is 19.7 Å². The van der Waals surface area contributed by atoms with Crippen LogP contribution in [0.2, 0.25) is 0 Å². The van der Waals surface area contributed by atoms with Gasteiger partial charge in [-0.1, -0.05) is 74.5 Å². The zero-order valence-electron chi connectivity index (χ0n) is 15.4. The third-order valence-electron chi connectivity index (χ3n) is 5.11. The van der Waals surface area contributed by atoms with Gasteiger partial charge >= 0.3 is 5.97 Å². The minimum atomic E-state index is -0.775. The van der Waals surface area contributed by atoms with E-state index in [4.69, 9.17) is 4.74 Å². The third-order valence-corrected chi connectivity index (χ3v) is 5.11. The predicted octanol–water partition coefficient (Wildman–Crippen LogP) is 3.83. The highest BCUT2D eigenvalue weighted by atomic mass is 16.5. The number of likely N-dealkylation sites (tertiary alicyclic amines) is 1. The maximum absolute atomic E-state index is 11.3. The number of benzene rings is 2. The Morgan fingerprint density at radius 1 is 1.04 bits per heavy atom. The Balaban J connectivity index is 1.64. The molecule has 1 N–H and O–H groups in total. The third kappa shape index (κ3) is 4.32. The van der Waals surface area contributed by atoms with E-state index in [9.17, 15) is 9.90 Å². The van der Waals surface area contributed by atoms with E-state index in [0.717, 1.165) is 13.1 Å². The number of rotatable bonds is 8. The van der Waals surface area contributed by atoms with Crippen molar-refractivity contribution >= 4 is 5.97 Å². The number of hydrogen-bond donors (Lipinski definition) is 1. The molecule has 0 aliphatic carbocycles. The predicted molar refractivity (Wildman–Crippen MR) is 102 cm³/mol. The van der Waals surface area contributed by atoms with E-state index in [2.05, 4.69) is 53.4 Å². The number of hydrogen-bond acceptors (Lipinski definition) is 3. The molecule has 1 aliphatic rings. The van der Waals surface area contributed by atoms with Gasteiger partial charge in [0.1, 0.15) is 0 Å². The minimum Gasteiger partial charge on any atom is -0.481 e. The summed E-state index contributed by atoms with van der Waals surface area (Å²) in [7, 11) is 0. The van der Waals surface area contributed by atoms with Gasteiger partial charge in [0.05, 0.1) is 24.7 Å². The lowest BCUT2D eigenvalue weighted by Crippen LogP contribution is -2.54. The van der Waals surface area contributed by atoms with Crippen molar-refractivity contribution in [1.29, 1.82) is 0 Å². The fourth-order valence-corrected chi connectivity index (χ4v) is 3.46. The number of carboxylic acid groups (broad SMARTS) is 1. The van der Waals surface area contributed by atoms with Gasteiger partial charge in [0.15, 0.2) is 0 Å². The first-order chi connectivity index (χ1) is 12.6. The molecule has 26 heavy (non-hydrogen) atoms. The Labute approximate surface area is 155 Å². The second-order valence-corrected chi connectivity index (χ2v) is 7.32. The summed E-state index contributed by atoms with van der Waals surface area (Å²) in [6.07, 6.45) is 0.102. The highest BCUT2D eigenvalue weighted by molar-refractivity contribution is 5.70. The van der Waals surface area contributed by atoms with Crippen molar-refractivity contribution in [3.63, 3.8) is 0 Å². The summed E-state index contributed by atoms with van der Waals surface area (Å²) in [5, 5.41) is 9.29. The molecule has 0 bridgehead atoms. The Kier molecular flexibility index (Phi) is 6.07. The summed E-state index contributed by atoms with van der Waals surface area (Å²) in [6.45, 7) is 5.77. The number of ether oxygens (including phenoxy) is 1. The molecule has 0 saturated carbocycles. The first kappa shape index (κ1) is 18.6. The van der Waals surface area contributed by atoms with Gasteiger partial charge in [-0.25, -0.2) is 0 Å². The molecule has 0 aromatic heterocycles. The van der Waals surface area contributed by atoms with Crippen molar-refractivity contribution < 1.29 is 14.6 Å². The smallest absolute Gasteiger partial charge is 0.309 e. The molecule has 1 aliphatic heterocycles. The lowest BCUT2D eigenvalue weighted by Gasteiger charge is -2.44. The lowest BCUT2D eigenvalue weighted by atomic mass is 9.93. The zero-order valence-corrected chi connectivity index (χ0v) is 15.4. The van der Waals surface area contributed by atoms with Crippen LogP contribution in [0.25, 0.3) is 0 Å². The van der Waals surface area contributed by atoms with Crippen LogP contribution >= 0.6 is 0 Å². The monoisotopic (exact) mass is 353 g/mol. The van der Waals surface area contributed by atoms with Crippen LogP contribution in [0, 0.1) is 11.8 Å². The number of aliphatic carboxylic acids is 1. The van der Waals surface area contributed by atoms with Crippen molar-refractivity contribution in [3.05, 3.63) is 71.8 Å². The topological polar surface area (TPSA) is 49.8 Å². The molecule has 138 valence electrons. The van der Waals surface area contributed by atoms with Crippen LogP contribution in [0.1, 0.15) is 31.0 Å². The van der Waals surface area contributed by atoms with Gasteiger partial charge in [-0.15, -0.1) is 0 Å². The summed E-state index contributed by atoms with van der Waals surface area (Å²) in [5.74, 6) is -1.14. The van der Waals surface area contributed by atoms with Crippen LogP contribution in [0.5, 0.6) is 0 Å². The summed E-state index contributed by atoms with van der Waals surface area (Å²) >= 11 is 0. The quantitative estimate of drug-likeness (QED) is 0.783. The minimum absolute atomic E-state index is 0.0741. The molecule has 4 heteroatoms. The van der Waals surface area contributed by atoms with Crippen molar-refractivity contribution in [1.82, 2.24) is 4.90 Å². The normalized spacial score (nSPS) is 16.6. The Hall–Kier alpha value is -2.17. The Morgan fingerprint density at radius 3 is 1.96 bits per heavy atom. The zero-order chi connectivity index (χ0) is 18.5. The van der Waals surface area contributed by atoms with E-state index in [1.807, 2.05) is 26.0 Å². The number of carbonyl (C=O) groups is 1. The largest absolute Gasteiger partial charge is 0.481 e. The van der Waals surface area contributed by atoms with Gasteiger partial charge in [-0.2, -0.15) is 0 Å². The molecule has 0 amide bonds. The molecule has 2 aromatic rings. The molecule has 2 aromatic carbocycles. The molecule has 0 spiro atoms. The van der Waals surface area contributed by atoms with Crippen LogP contribution in [0.3, 0.4) is 0 Å². The number of nitrogens with zero attached hydrogens (tertiary/aromatic N) is 1. The first-order valence-electron chi connectivity index (χ1n) is 9.24. The molecule has 1 fully saturated rings. The second-order valence-electron chi connectivity index (χ2n) is 7.32. The lowest BCUT2D eigenvalue weighted by molar-refractivity contribution is -0.149. The molecular formula is C22H27NO3. The first-order valence-corrected chi connectivity index (χ1v) is 9.24. The summed E-state index contributed by atoms with van der Waals surface area (Å²) in [4.78, 5) is 13.7. The van der Waals surface area contributed by atoms with Crippen molar-refractivity contribution in [2.24, 2.45) is 11.8 Å². The average Bonchev–Trinajstić information content (AvgIpc) is 2.60. The van der Waals surface area contributed by atoms with Crippen molar-refractivity contribution in [3.8, 4) is 0 Å². The fourth-order valence-electron chi connectivity index (χ4n) is 3.46. The summed E-state index contributed by atoms with van der Waals surface area (Å²) in [6, 6.07) is 21.2. The summed E-state index contributed by atoms with van der Waals surface area (Å²) < 4.78 is 5.89. The second kappa shape index (κ2) is 8.47. The molecular weight excluding hydrogens is 326 g/mol. The highest BCUT2D eigenvalue weighted by Gasteiger charge is 2.35. The van der Waals surface area contributed by atoms with E-state index < -0.39 is 11.9 Å². The van der Waals surface area contributed by atoms with Crippen LogP contribution in [0.15, 0.2) is 60.7 Å². The Bertz CT molecular complexity index is 656. The van der Waals surface area contributed by atoms with E-state index in [1.54, 1.807) is 0 Å². The molecule has 1 atom stereocenters. The maximum atomic E-state index is 11.3. The van der Waals surface area contributed by atoms with E-state index >= 15 is 0 Å². The molecule has 4 nitrogen and oxygen atoms in total. The van der Waals surface area contributed by atoms with Crippen LogP contribution in [-0.4, -0.2) is 41.8 Å². The van der Waals surface area contributed by atoms with Gasteiger partial charge < -0.3 is 9.84 Å². The van der Waals surface area contributed by atoms with Gasteiger partial charge in [0.2, 0.25) is 0 Å². The van der Waals surface area contributed by atoms with Crippen molar-refractivity contribution in [2.45, 2.75) is 26.0 Å². The van der Waals surface area contributed by atoms with E-state index in [0.29, 0.717) is 0 Å². The van der Waals surface area contributed by atoms with Gasteiger partial charge in [-0.05, 0) is 17.0 Å².